The molecule has 0 spiro atoms. The Bertz CT molecular complexity index is 1210. The van der Waals surface area contributed by atoms with Gasteiger partial charge in [0.15, 0.2) is 6.29 Å². The minimum Gasteiger partial charge on any atom is -0.465 e. The van der Waals surface area contributed by atoms with Crippen molar-refractivity contribution in [1.29, 1.82) is 0 Å². The Morgan fingerprint density at radius 1 is 0.529 bits per heavy atom. The number of aromatic nitrogens is 2. The third-order valence-corrected chi connectivity index (χ3v) is 15.7. The summed E-state index contributed by atoms with van der Waals surface area (Å²) in [7, 11) is 0. The Balaban J connectivity index is 1.71. The lowest BCUT2D eigenvalue weighted by Crippen LogP contribution is -2.28. The Hall–Kier alpha value is -1.44. The van der Waals surface area contributed by atoms with Gasteiger partial charge in [-0.3, -0.25) is 4.79 Å². The van der Waals surface area contributed by atoms with E-state index in [0.717, 1.165) is 64.9 Å². The van der Waals surface area contributed by atoms with Crippen LogP contribution in [0.1, 0.15) is 311 Å². The second kappa shape index (κ2) is 48.5. The zero-order valence-electron chi connectivity index (χ0n) is 47.7. The number of aryl methyl sites for hydroxylation is 1. The highest BCUT2D eigenvalue weighted by molar-refractivity contribution is 5.69. The van der Waals surface area contributed by atoms with Crippen LogP contribution in [0.25, 0.3) is 0 Å². The van der Waals surface area contributed by atoms with Crippen LogP contribution in [0.4, 0.5) is 0 Å². The first kappa shape index (κ1) is 64.7. The first-order valence-corrected chi connectivity index (χ1v) is 31.6. The molecule has 70 heavy (non-hydrogen) atoms. The van der Waals surface area contributed by atoms with E-state index < -0.39 is 0 Å². The van der Waals surface area contributed by atoms with Crippen molar-refractivity contribution in [2.45, 2.75) is 330 Å². The smallest absolute Gasteiger partial charge is 0.305 e. The fourth-order valence-corrected chi connectivity index (χ4v) is 10.9. The van der Waals surface area contributed by atoms with E-state index in [1.807, 2.05) is 12.5 Å². The largest absolute Gasteiger partial charge is 0.465 e. The van der Waals surface area contributed by atoms with Crippen LogP contribution in [-0.4, -0.2) is 65.7 Å². The van der Waals surface area contributed by atoms with Gasteiger partial charge in [0.1, 0.15) is 6.10 Å². The molecular formula is C63H121N3O4. The summed E-state index contributed by atoms with van der Waals surface area (Å²) in [6.45, 7) is 17.5. The highest BCUT2D eigenvalue weighted by Crippen LogP contribution is 2.32. The van der Waals surface area contributed by atoms with Gasteiger partial charge in [-0.05, 0) is 102 Å². The zero-order valence-corrected chi connectivity index (χ0v) is 47.7. The maximum atomic E-state index is 13.0. The number of esters is 1. The van der Waals surface area contributed by atoms with E-state index in [9.17, 15) is 4.79 Å². The molecule has 5 unspecified atom stereocenters. The minimum atomic E-state index is 0.0235. The fraction of sp³-hybridized carbons (Fsp3) is 0.937. The average Bonchev–Trinajstić information content (AvgIpc) is 3.88. The number of hydrogen-bond acceptors (Lipinski definition) is 6. The number of unbranched alkanes of at least 4 members (excludes halogenated alkanes) is 29. The lowest BCUT2D eigenvalue weighted by molar-refractivity contribution is -0.145. The maximum Gasteiger partial charge on any atom is 0.305 e. The first-order chi connectivity index (χ1) is 34.5. The Kier molecular flexibility index (Phi) is 44.8. The highest BCUT2D eigenvalue weighted by Gasteiger charge is 2.41. The van der Waals surface area contributed by atoms with Crippen LogP contribution in [-0.2, 0) is 25.5 Å². The second-order valence-electron chi connectivity index (χ2n) is 22.8. The number of ether oxygens (including phenoxy) is 3. The summed E-state index contributed by atoms with van der Waals surface area (Å²) < 4.78 is 20.8. The number of epoxide rings is 1. The van der Waals surface area contributed by atoms with Crippen molar-refractivity contribution in [2.75, 3.05) is 32.8 Å². The van der Waals surface area contributed by atoms with Gasteiger partial charge in [0.05, 0.1) is 19.5 Å². The van der Waals surface area contributed by atoms with Crippen LogP contribution in [0, 0.1) is 17.8 Å². The Morgan fingerprint density at radius 2 is 0.957 bits per heavy atom. The number of hydrogen-bond donors (Lipinski definition) is 0. The van der Waals surface area contributed by atoms with Crippen LogP contribution in [0.3, 0.4) is 0 Å². The summed E-state index contributed by atoms with van der Waals surface area (Å²) in [4.78, 5) is 19.9. The van der Waals surface area contributed by atoms with Gasteiger partial charge in [-0.1, -0.05) is 240 Å². The monoisotopic (exact) mass is 984 g/mol. The molecule has 5 atom stereocenters. The standard InChI is InChI=1S/C63H121N3O4/c1-6-10-14-18-22-24-28-32-35-44-59(43-34-29-25-20-16-12-8-3)55-68-62(67)47-38-33-39-49-65(51-41-52-66-53-48-64-57-66)50-40-42-58(5)54-61-63(70-61)69-56-60(45-36-30-26-21-17-13-9-4)46-37-31-27-23-19-15-11-7-2/h48,53,57-61,63H,6-47,49-52,54-56H2,1-5H3. The third-order valence-electron chi connectivity index (χ3n) is 15.7. The van der Waals surface area contributed by atoms with Gasteiger partial charge < -0.3 is 23.7 Å². The van der Waals surface area contributed by atoms with E-state index in [4.69, 9.17) is 14.2 Å². The molecule has 1 aromatic heterocycles. The molecule has 1 aromatic rings. The van der Waals surface area contributed by atoms with E-state index in [1.165, 1.54) is 238 Å². The summed E-state index contributed by atoms with van der Waals surface area (Å²) >= 11 is 0. The van der Waals surface area contributed by atoms with E-state index in [2.05, 4.69) is 55.3 Å². The normalized spacial score (nSPS) is 16.0. The predicted octanol–water partition coefficient (Wildman–Crippen LogP) is 19.2. The highest BCUT2D eigenvalue weighted by atomic mass is 16.8. The van der Waals surface area contributed by atoms with Gasteiger partial charge in [-0.2, -0.15) is 0 Å². The molecule has 2 heterocycles. The topological polar surface area (TPSA) is 69.1 Å². The van der Waals surface area contributed by atoms with E-state index >= 15 is 0 Å². The molecule has 0 bridgehead atoms. The quantitative estimate of drug-likeness (QED) is 0.0368. The molecule has 0 amide bonds. The summed E-state index contributed by atoms with van der Waals surface area (Å²) in [6, 6.07) is 0. The number of imidazole rings is 1. The van der Waals surface area contributed by atoms with Gasteiger partial charge in [-0.25, -0.2) is 4.98 Å². The molecule has 1 aliphatic rings. The first-order valence-electron chi connectivity index (χ1n) is 31.6. The molecule has 1 aliphatic heterocycles. The molecule has 0 saturated carbocycles. The lowest BCUT2D eigenvalue weighted by atomic mass is 9.94. The molecule has 1 saturated heterocycles. The Labute approximate surface area is 436 Å². The average molecular weight is 985 g/mol. The number of carbonyl (C=O) groups is 1. The van der Waals surface area contributed by atoms with Crippen LogP contribution in [0.2, 0.25) is 0 Å². The van der Waals surface area contributed by atoms with Gasteiger partial charge in [-0.15, -0.1) is 0 Å². The van der Waals surface area contributed by atoms with Crippen LogP contribution in [0.5, 0.6) is 0 Å². The number of nitrogens with zero attached hydrogens (tertiary/aromatic N) is 3. The zero-order chi connectivity index (χ0) is 50.2. The summed E-state index contributed by atoms with van der Waals surface area (Å²) in [6.07, 6.45) is 62.2. The fourth-order valence-electron chi connectivity index (χ4n) is 10.9. The van der Waals surface area contributed by atoms with Crippen molar-refractivity contribution in [1.82, 2.24) is 14.5 Å². The van der Waals surface area contributed by atoms with Gasteiger partial charge in [0, 0.05) is 25.4 Å². The van der Waals surface area contributed by atoms with Gasteiger partial charge in [0.25, 0.3) is 0 Å². The molecule has 2 rings (SSSR count). The number of carbonyl (C=O) groups excluding carboxylic acids is 1. The third kappa shape index (κ3) is 40.0. The van der Waals surface area contributed by atoms with Crippen LogP contribution in [0.15, 0.2) is 18.7 Å². The predicted molar refractivity (Wildman–Crippen MR) is 302 cm³/mol. The molecular weight excluding hydrogens is 863 g/mol. The molecule has 7 heteroatoms. The van der Waals surface area contributed by atoms with E-state index in [0.29, 0.717) is 30.8 Å². The van der Waals surface area contributed by atoms with E-state index in [-0.39, 0.29) is 18.4 Å². The summed E-state index contributed by atoms with van der Waals surface area (Å²) in [5.41, 5.74) is 0. The van der Waals surface area contributed by atoms with Crippen molar-refractivity contribution < 1.29 is 19.0 Å². The molecule has 412 valence electrons. The molecule has 0 radical (unpaired) electrons. The van der Waals surface area contributed by atoms with Crippen molar-refractivity contribution in [2.24, 2.45) is 17.8 Å². The molecule has 1 fully saturated rings. The second-order valence-corrected chi connectivity index (χ2v) is 22.8. The van der Waals surface area contributed by atoms with Gasteiger partial charge >= 0.3 is 5.97 Å². The number of rotatable bonds is 56. The van der Waals surface area contributed by atoms with Crippen LogP contribution >= 0.6 is 0 Å². The summed E-state index contributed by atoms with van der Waals surface area (Å²) in [5.74, 6) is 1.88. The summed E-state index contributed by atoms with van der Waals surface area (Å²) in [5, 5.41) is 0. The lowest BCUT2D eigenvalue weighted by Gasteiger charge is -2.23. The van der Waals surface area contributed by atoms with Crippen LogP contribution < -0.4 is 0 Å². The minimum absolute atomic E-state index is 0.0235. The van der Waals surface area contributed by atoms with Crippen molar-refractivity contribution >= 4 is 5.97 Å². The molecule has 0 aliphatic carbocycles. The Morgan fingerprint density at radius 3 is 1.43 bits per heavy atom. The molecule has 0 N–H and O–H groups in total. The molecule has 0 aromatic carbocycles. The van der Waals surface area contributed by atoms with Crippen molar-refractivity contribution in [3.63, 3.8) is 0 Å². The van der Waals surface area contributed by atoms with Gasteiger partial charge in [0.2, 0.25) is 0 Å². The van der Waals surface area contributed by atoms with Crippen molar-refractivity contribution in [3.05, 3.63) is 18.7 Å². The molecule has 7 nitrogen and oxygen atoms in total. The maximum absolute atomic E-state index is 13.0. The SMILES string of the molecule is CCCCCCCCCCCC(CCCCCCCCC)COC(=O)CCCCCN(CCCC(C)CC1OC1OCC(CCCCCCCCC)CCCCCCCCCC)CCCn1ccnc1. The van der Waals surface area contributed by atoms with Crippen molar-refractivity contribution in [3.8, 4) is 0 Å². The van der Waals surface area contributed by atoms with E-state index in [1.54, 1.807) is 0 Å².